The lowest BCUT2D eigenvalue weighted by atomic mass is 10.0. The van der Waals surface area contributed by atoms with Crippen LogP contribution in [0, 0.1) is 5.82 Å². The first-order valence-electron chi connectivity index (χ1n) is 6.46. The first kappa shape index (κ1) is 13.5. The second-order valence-electron chi connectivity index (χ2n) is 4.58. The molecule has 1 atom stereocenters. The smallest absolute Gasteiger partial charge is 0.247 e. The molecule has 1 fully saturated rings. The normalized spacial score (nSPS) is 19.2. The fraction of sp³-hybridized carbons (Fsp3) is 0.429. The van der Waals surface area contributed by atoms with Crippen molar-refractivity contribution in [1.29, 1.82) is 0 Å². The molecule has 1 aliphatic heterocycles. The van der Waals surface area contributed by atoms with E-state index < -0.39 is 6.04 Å². The maximum absolute atomic E-state index is 12.9. The Bertz CT molecular complexity index is 473. The van der Waals surface area contributed by atoms with E-state index in [0.29, 0.717) is 25.1 Å². The van der Waals surface area contributed by atoms with Crippen molar-refractivity contribution in [2.75, 3.05) is 13.1 Å². The first-order valence-corrected chi connectivity index (χ1v) is 6.46. The van der Waals surface area contributed by atoms with E-state index in [4.69, 9.17) is 0 Å². The Morgan fingerprint density at radius 3 is 2.74 bits per heavy atom. The van der Waals surface area contributed by atoms with Gasteiger partial charge in [0, 0.05) is 19.5 Å². The van der Waals surface area contributed by atoms with Crippen molar-refractivity contribution in [3.63, 3.8) is 0 Å². The number of rotatable bonds is 3. The number of carbonyl (C=O) groups is 2. The molecule has 0 saturated carbocycles. The highest BCUT2D eigenvalue weighted by Gasteiger charge is 2.33. The monoisotopic (exact) mass is 264 g/mol. The molecule has 2 rings (SSSR count). The molecule has 1 aromatic carbocycles. The number of halogens is 1. The Balaban J connectivity index is 2.28. The number of piperazine rings is 1. The van der Waals surface area contributed by atoms with Crippen molar-refractivity contribution in [3.05, 3.63) is 35.6 Å². The predicted octanol–water partition coefficient (Wildman–Crippen LogP) is 1.63. The average molecular weight is 264 g/mol. The zero-order valence-electron chi connectivity index (χ0n) is 10.9. The molecule has 0 radical (unpaired) electrons. The van der Waals surface area contributed by atoms with Gasteiger partial charge < -0.3 is 10.2 Å². The lowest BCUT2D eigenvalue weighted by molar-refractivity contribution is -0.143. The molecule has 4 nitrogen and oxygen atoms in total. The summed E-state index contributed by atoms with van der Waals surface area (Å²) in [5.74, 6) is -0.597. The van der Waals surface area contributed by atoms with Gasteiger partial charge >= 0.3 is 0 Å². The minimum absolute atomic E-state index is 0.0355. The Morgan fingerprint density at radius 2 is 2.11 bits per heavy atom. The molecule has 1 aliphatic rings. The quantitative estimate of drug-likeness (QED) is 0.902. The van der Waals surface area contributed by atoms with Gasteiger partial charge in [-0.15, -0.1) is 0 Å². The minimum atomic E-state index is -0.645. The Labute approximate surface area is 111 Å². The Morgan fingerprint density at radius 1 is 1.42 bits per heavy atom. The zero-order chi connectivity index (χ0) is 13.8. The largest absolute Gasteiger partial charge is 0.352 e. The topological polar surface area (TPSA) is 49.4 Å². The summed E-state index contributed by atoms with van der Waals surface area (Å²) in [6, 6.07) is 5.07. The highest BCUT2D eigenvalue weighted by molar-refractivity contribution is 5.89. The van der Waals surface area contributed by atoms with Gasteiger partial charge in [0.05, 0.1) is 0 Å². The molecule has 0 bridgehead atoms. The van der Waals surface area contributed by atoms with Crippen LogP contribution in [0.4, 0.5) is 4.39 Å². The van der Waals surface area contributed by atoms with Crippen LogP contribution in [-0.4, -0.2) is 29.8 Å². The van der Waals surface area contributed by atoms with Crippen molar-refractivity contribution in [1.82, 2.24) is 10.2 Å². The third-order valence-electron chi connectivity index (χ3n) is 3.18. The SMILES string of the molecule is CCCC(=O)N1CCNC(=O)C1c1ccc(F)cc1. The van der Waals surface area contributed by atoms with Crippen molar-refractivity contribution in [3.8, 4) is 0 Å². The van der Waals surface area contributed by atoms with Crippen LogP contribution in [0.1, 0.15) is 31.4 Å². The molecule has 0 aromatic heterocycles. The summed E-state index contributed by atoms with van der Waals surface area (Å²) in [7, 11) is 0. The van der Waals surface area contributed by atoms with E-state index in [2.05, 4.69) is 5.32 Å². The number of carbonyl (C=O) groups excluding carboxylic acids is 2. The summed E-state index contributed by atoms with van der Waals surface area (Å²) < 4.78 is 12.9. The van der Waals surface area contributed by atoms with Gasteiger partial charge in [-0.2, -0.15) is 0 Å². The number of hydrogen-bond donors (Lipinski definition) is 1. The van der Waals surface area contributed by atoms with Crippen LogP contribution in [0.2, 0.25) is 0 Å². The van der Waals surface area contributed by atoms with E-state index in [-0.39, 0.29) is 17.6 Å². The highest BCUT2D eigenvalue weighted by atomic mass is 19.1. The average Bonchev–Trinajstić information content (AvgIpc) is 2.40. The molecule has 1 unspecified atom stereocenters. The molecule has 1 N–H and O–H groups in total. The van der Waals surface area contributed by atoms with Gasteiger partial charge in [0.1, 0.15) is 11.9 Å². The zero-order valence-corrected chi connectivity index (χ0v) is 10.9. The van der Waals surface area contributed by atoms with Crippen LogP contribution in [0.5, 0.6) is 0 Å². The number of nitrogens with one attached hydrogen (secondary N) is 1. The number of amides is 2. The molecule has 5 heteroatoms. The summed E-state index contributed by atoms with van der Waals surface area (Å²) >= 11 is 0. The lowest BCUT2D eigenvalue weighted by Crippen LogP contribution is -2.52. The molecular weight excluding hydrogens is 247 g/mol. The van der Waals surface area contributed by atoms with Gasteiger partial charge in [-0.05, 0) is 24.1 Å². The summed E-state index contributed by atoms with van der Waals surface area (Å²) in [6.07, 6.45) is 1.16. The molecule has 0 spiro atoms. The van der Waals surface area contributed by atoms with Gasteiger partial charge in [-0.1, -0.05) is 19.1 Å². The number of benzene rings is 1. The predicted molar refractivity (Wildman–Crippen MR) is 68.8 cm³/mol. The van der Waals surface area contributed by atoms with Crippen LogP contribution in [0.15, 0.2) is 24.3 Å². The molecule has 1 saturated heterocycles. The standard InChI is InChI=1S/C14H17FN2O2/c1-2-3-12(18)17-9-8-16-14(19)13(17)10-4-6-11(15)7-5-10/h4-7,13H,2-3,8-9H2,1H3,(H,16,19). The van der Waals surface area contributed by atoms with E-state index in [1.165, 1.54) is 12.1 Å². The summed E-state index contributed by atoms with van der Waals surface area (Å²) in [5.41, 5.74) is 0.642. The Hall–Kier alpha value is -1.91. The summed E-state index contributed by atoms with van der Waals surface area (Å²) in [6.45, 7) is 2.88. The van der Waals surface area contributed by atoms with Crippen molar-refractivity contribution in [2.45, 2.75) is 25.8 Å². The van der Waals surface area contributed by atoms with Crippen molar-refractivity contribution >= 4 is 11.8 Å². The lowest BCUT2D eigenvalue weighted by Gasteiger charge is -2.35. The van der Waals surface area contributed by atoms with E-state index in [0.717, 1.165) is 6.42 Å². The molecule has 0 aliphatic carbocycles. The fourth-order valence-electron chi connectivity index (χ4n) is 2.27. The van der Waals surface area contributed by atoms with Gasteiger partial charge in [-0.25, -0.2) is 4.39 Å². The van der Waals surface area contributed by atoms with Crippen molar-refractivity contribution < 1.29 is 14.0 Å². The fourth-order valence-corrected chi connectivity index (χ4v) is 2.27. The van der Waals surface area contributed by atoms with Crippen LogP contribution in [-0.2, 0) is 9.59 Å². The van der Waals surface area contributed by atoms with Gasteiger partial charge in [0.2, 0.25) is 11.8 Å². The summed E-state index contributed by atoms with van der Waals surface area (Å²) in [5, 5.41) is 2.75. The highest BCUT2D eigenvalue weighted by Crippen LogP contribution is 2.24. The van der Waals surface area contributed by atoms with E-state index in [1.54, 1.807) is 17.0 Å². The van der Waals surface area contributed by atoms with Gasteiger partial charge in [0.15, 0.2) is 0 Å². The van der Waals surface area contributed by atoms with Crippen LogP contribution in [0.3, 0.4) is 0 Å². The number of hydrogen-bond acceptors (Lipinski definition) is 2. The maximum Gasteiger partial charge on any atom is 0.247 e. The third kappa shape index (κ3) is 2.92. The molecule has 1 heterocycles. The van der Waals surface area contributed by atoms with E-state index in [9.17, 15) is 14.0 Å². The van der Waals surface area contributed by atoms with Crippen LogP contribution >= 0.6 is 0 Å². The molecule has 102 valence electrons. The van der Waals surface area contributed by atoms with Crippen LogP contribution < -0.4 is 5.32 Å². The Kier molecular flexibility index (Phi) is 4.14. The van der Waals surface area contributed by atoms with E-state index >= 15 is 0 Å². The van der Waals surface area contributed by atoms with E-state index in [1.807, 2.05) is 6.92 Å². The first-order chi connectivity index (χ1) is 9.13. The van der Waals surface area contributed by atoms with Crippen LogP contribution in [0.25, 0.3) is 0 Å². The summed E-state index contributed by atoms with van der Waals surface area (Å²) in [4.78, 5) is 25.6. The molecule has 1 aromatic rings. The van der Waals surface area contributed by atoms with Gasteiger partial charge in [-0.3, -0.25) is 9.59 Å². The second-order valence-corrected chi connectivity index (χ2v) is 4.58. The second kappa shape index (κ2) is 5.82. The molecule has 2 amide bonds. The third-order valence-corrected chi connectivity index (χ3v) is 3.18. The van der Waals surface area contributed by atoms with Gasteiger partial charge in [0.25, 0.3) is 0 Å². The molecule has 19 heavy (non-hydrogen) atoms. The molecular formula is C14H17FN2O2. The number of nitrogens with zero attached hydrogens (tertiary/aromatic N) is 1. The van der Waals surface area contributed by atoms with Crippen molar-refractivity contribution in [2.24, 2.45) is 0 Å². The minimum Gasteiger partial charge on any atom is -0.352 e. The maximum atomic E-state index is 12.9.